The second-order valence-electron chi connectivity index (χ2n) is 5.03. The van der Waals surface area contributed by atoms with Gasteiger partial charge in [0, 0.05) is 19.8 Å². The smallest absolute Gasteiger partial charge is 0.0462 e. The van der Waals surface area contributed by atoms with Crippen LogP contribution in [0.4, 0.5) is 0 Å². The predicted octanol–water partition coefficient (Wildman–Crippen LogP) is 4.00. The van der Waals surface area contributed by atoms with Crippen LogP contribution in [-0.2, 0) is 4.74 Å². The van der Waals surface area contributed by atoms with Gasteiger partial charge in [0.15, 0.2) is 0 Å². The monoisotopic (exact) mass is 243 g/mol. The third kappa shape index (κ3) is 8.62. The summed E-state index contributed by atoms with van der Waals surface area (Å²) in [4.78, 5) is 0. The van der Waals surface area contributed by atoms with Gasteiger partial charge in [0.2, 0.25) is 0 Å². The van der Waals surface area contributed by atoms with Crippen LogP contribution in [0.2, 0.25) is 0 Å². The van der Waals surface area contributed by atoms with Crippen molar-refractivity contribution >= 4 is 0 Å². The summed E-state index contributed by atoms with van der Waals surface area (Å²) in [5.74, 6) is 0.855. The molecule has 2 nitrogen and oxygen atoms in total. The maximum absolute atomic E-state index is 5.17. The lowest BCUT2D eigenvalue weighted by Gasteiger charge is -2.28. The molecular formula is C15H33NO. The molecule has 0 aliphatic rings. The van der Waals surface area contributed by atoms with Crippen LogP contribution >= 0.6 is 0 Å². The number of rotatable bonds is 12. The molecule has 0 aromatic heterocycles. The summed E-state index contributed by atoms with van der Waals surface area (Å²) in [6.07, 6.45) is 9.01. The number of hydrogen-bond acceptors (Lipinski definition) is 2. The maximum Gasteiger partial charge on any atom is 0.0462 e. The molecule has 0 fully saturated rings. The van der Waals surface area contributed by atoms with E-state index >= 15 is 0 Å². The summed E-state index contributed by atoms with van der Waals surface area (Å²) in [5, 5.41) is 3.74. The molecule has 0 heterocycles. The first kappa shape index (κ1) is 16.9. The molecular weight excluding hydrogens is 210 g/mol. The van der Waals surface area contributed by atoms with Crippen LogP contribution in [0.15, 0.2) is 0 Å². The zero-order chi connectivity index (χ0) is 12.9. The van der Waals surface area contributed by atoms with Gasteiger partial charge in [0.1, 0.15) is 0 Å². The standard InChI is InChI=1S/C15H33NO/c1-5-9-14(10-6-2)15(16-12-7-3)11-8-13-17-4/h14-16H,5-13H2,1-4H3. The predicted molar refractivity (Wildman–Crippen MR) is 76.5 cm³/mol. The van der Waals surface area contributed by atoms with E-state index < -0.39 is 0 Å². The van der Waals surface area contributed by atoms with Crippen LogP contribution < -0.4 is 5.32 Å². The number of nitrogens with one attached hydrogen (secondary N) is 1. The molecule has 0 aliphatic heterocycles. The molecule has 0 saturated carbocycles. The van der Waals surface area contributed by atoms with Crippen molar-refractivity contribution in [3.05, 3.63) is 0 Å². The van der Waals surface area contributed by atoms with Gasteiger partial charge in [-0.1, -0.05) is 33.6 Å². The quantitative estimate of drug-likeness (QED) is 0.523. The van der Waals surface area contributed by atoms with Crippen molar-refractivity contribution in [2.24, 2.45) is 5.92 Å². The zero-order valence-corrected chi connectivity index (χ0v) is 12.4. The molecule has 104 valence electrons. The second-order valence-corrected chi connectivity index (χ2v) is 5.03. The maximum atomic E-state index is 5.17. The molecule has 1 atom stereocenters. The molecule has 0 amide bonds. The van der Waals surface area contributed by atoms with Crippen LogP contribution in [0.3, 0.4) is 0 Å². The Morgan fingerprint density at radius 2 is 1.59 bits per heavy atom. The first-order valence-electron chi connectivity index (χ1n) is 7.52. The Kier molecular flexibility index (Phi) is 12.3. The van der Waals surface area contributed by atoms with E-state index in [9.17, 15) is 0 Å². The zero-order valence-electron chi connectivity index (χ0n) is 12.4. The highest BCUT2D eigenvalue weighted by atomic mass is 16.5. The van der Waals surface area contributed by atoms with Crippen LogP contribution in [0.25, 0.3) is 0 Å². The topological polar surface area (TPSA) is 21.3 Å². The highest BCUT2D eigenvalue weighted by molar-refractivity contribution is 4.76. The van der Waals surface area contributed by atoms with Crippen LogP contribution in [0.5, 0.6) is 0 Å². The van der Waals surface area contributed by atoms with Gasteiger partial charge in [-0.15, -0.1) is 0 Å². The summed E-state index contributed by atoms with van der Waals surface area (Å²) >= 11 is 0. The van der Waals surface area contributed by atoms with Gasteiger partial charge in [-0.25, -0.2) is 0 Å². The SMILES string of the molecule is CCCNC(CCCOC)C(CCC)CCC. The Hall–Kier alpha value is -0.0800. The average molecular weight is 243 g/mol. The molecule has 0 aromatic carbocycles. The van der Waals surface area contributed by atoms with E-state index in [0.29, 0.717) is 6.04 Å². The highest BCUT2D eigenvalue weighted by Crippen LogP contribution is 2.21. The number of methoxy groups -OCH3 is 1. The van der Waals surface area contributed by atoms with Crippen molar-refractivity contribution in [1.82, 2.24) is 5.32 Å². The Morgan fingerprint density at radius 3 is 2.06 bits per heavy atom. The van der Waals surface area contributed by atoms with E-state index in [0.717, 1.165) is 19.1 Å². The van der Waals surface area contributed by atoms with Crippen molar-refractivity contribution in [2.75, 3.05) is 20.3 Å². The van der Waals surface area contributed by atoms with Crippen LogP contribution in [0, 0.1) is 5.92 Å². The summed E-state index contributed by atoms with van der Waals surface area (Å²) < 4.78 is 5.17. The molecule has 0 saturated heterocycles. The van der Waals surface area contributed by atoms with Crippen LogP contribution in [-0.4, -0.2) is 26.3 Å². The molecule has 0 aromatic rings. The molecule has 0 aliphatic carbocycles. The molecule has 17 heavy (non-hydrogen) atoms. The van der Waals surface area contributed by atoms with Gasteiger partial charge in [-0.2, -0.15) is 0 Å². The second kappa shape index (κ2) is 12.4. The highest BCUT2D eigenvalue weighted by Gasteiger charge is 2.18. The number of ether oxygens (including phenoxy) is 1. The van der Waals surface area contributed by atoms with Gasteiger partial charge < -0.3 is 10.1 Å². The van der Waals surface area contributed by atoms with Gasteiger partial charge >= 0.3 is 0 Å². The van der Waals surface area contributed by atoms with Gasteiger partial charge in [0.25, 0.3) is 0 Å². The van der Waals surface area contributed by atoms with E-state index in [4.69, 9.17) is 4.74 Å². The van der Waals surface area contributed by atoms with Crippen LogP contribution in [0.1, 0.15) is 65.7 Å². The summed E-state index contributed by atoms with van der Waals surface area (Å²) in [6, 6.07) is 0.699. The lowest BCUT2D eigenvalue weighted by atomic mass is 9.87. The van der Waals surface area contributed by atoms with E-state index in [1.54, 1.807) is 7.11 Å². The average Bonchev–Trinajstić information content (AvgIpc) is 2.33. The van der Waals surface area contributed by atoms with Gasteiger partial charge in [-0.05, 0) is 44.6 Å². The Labute approximate surface area is 109 Å². The fourth-order valence-corrected chi connectivity index (χ4v) is 2.57. The van der Waals surface area contributed by atoms with E-state index in [1.807, 2.05) is 0 Å². The Morgan fingerprint density at radius 1 is 0.941 bits per heavy atom. The third-order valence-corrected chi connectivity index (χ3v) is 3.41. The largest absolute Gasteiger partial charge is 0.385 e. The van der Waals surface area contributed by atoms with Crippen molar-refractivity contribution in [1.29, 1.82) is 0 Å². The van der Waals surface area contributed by atoms with Gasteiger partial charge in [0.05, 0.1) is 0 Å². The van der Waals surface area contributed by atoms with E-state index in [-0.39, 0.29) is 0 Å². The lowest BCUT2D eigenvalue weighted by Crippen LogP contribution is -2.37. The summed E-state index contributed by atoms with van der Waals surface area (Å²) in [6.45, 7) is 8.90. The van der Waals surface area contributed by atoms with Crippen molar-refractivity contribution in [2.45, 2.75) is 71.8 Å². The molecule has 1 N–H and O–H groups in total. The fraction of sp³-hybridized carbons (Fsp3) is 1.00. The van der Waals surface area contributed by atoms with E-state index in [1.165, 1.54) is 44.9 Å². The summed E-state index contributed by atoms with van der Waals surface area (Å²) in [5.41, 5.74) is 0. The Bertz CT molecular complexity index is 144. The first-order chi connectivity index (χ1) is 8.29. The summed E-state index contributed by atoms with van der Waals surface area (Å²) in [7, 11) is 1.80. The minimum absolute atomic E-state index is 0.699. The molecule has 0 bridgehead atoms. The Balaban J connectivity index is 4.15. The molecule has 2 heteroatoms. The molecule has 0 spiro atoms. The van der Waals surface area contributed by atoms with Crippen molar-refractivity contribution < 1.29 is 4.74 Å². The minimum Gasteiger partial charge on any atom is -0.385 e. The third-order valence-electron chi connectivity index (χ3n) is 3.41. The fourth-order valence-electron chi connectivity index (χ4n) is 2.57. The molecule has 0 radical (unpaired) electrons. The van der Waals surface area contributed by atoms with Crippen molar-refractivity contribution in [3.8, 4) is 0 Å². The minimum atomic E-state index is 0.699. The first-order valence-corrected chi connectivity index (χ1v) is 7.52. The van der Waals surface area contributed by atoms with Crippen molar-refractivity contribution in [3.63, 3.8) is 0 Å². The molecule has 0 rings (SSSR count). The van der Waals surface area contributed by atoms with E-state index in [2.05, 4.69) is 26.1 Å². The molecule has 1 unspecified atom stereocenters. The van der Waals surface area contributed by atoms with Gasteiger partial charge in [-0.3, -0.25) is 0 Å². The number of hydrogen-bond donors (Lipinski definition) is 1. The lowest BCUT2D eigenvalue weighted by molar-refractivity contribution is 0.181. The normalized spacial score (nSPS) is 13.2.